The van der Waals surface area contributed by atoms with Gasteiger partial charge in [-0.25, -0.2) is 4.79 Å². The Bertz CT molecular complexity index is 657. The number of nitrogens with zero attached hydrogens (tertiary/aromatic N) is 3. The van der Waals surface area contributed by atoms with Gasteiger partial charge in [0.05, 0.1) is 17.2 Å². The van der Waals surface area contributed by atoms with Gasteiger partial charge in [-0.05, 0) is 19.4 Å². The lowest BCUT2D eigenvalue weighted by Crippen LogP contribution is -2.22. The molecule has 17 nitrogen and oxygen atoms in total. The third-order valence-electron chi connectivity index (χ3n) is 2.13. The molecule has 1 heterocycles. The number of aromatic nitrogens is 2. The third kappa shape index (κ3) is 23.1. The van der Waals surface area contributed by atoms with E-state index in [0.29, 0.717) is 5.69 Å². The van der Waals surface area contributed by atoms with Gasteiger partial charge in [-0.15, -0.1) is 0 Å². The highest BCUT2D eigenvalue weighted by Gasteiger charge is 2.24. The van der Waals surface area contributed by atoms with E-state index in [-0.39, 0.29) is 18.5 Å². The summed E-state index contributed by atoms with van der Waals surface area (Å²) in [5, 5.41) is 36.1. The zero-order valence-electron chi connectivity index (χ0n) is 15.2. The first-order valence-corrected chi connectivity index (χ1v) is 6.93. The topological polar surface area (TPSA) is 348 Å². The average Bonchev–Trinajstić information content (AvgIpc) is 2.62. The van der Waals surface area contributed by atoms with Gasteiger partial charge in [-0.1, -0.05) is 0 Å². The molecular weight excluding hydrogens is 400 g/mol. The Balaban J connectivity index is -0.000000115. The standard InChI is InChI=1S/C9H12N2O4.NO3.3H3N.H2O4S/c1-5-4-11(10-6(5)2)7(9(14)15)3-8(12)13;2-1(3)4;;;;1-5(2,3)4/h4,7H,3H2,1-2H3,(H,12,13)(H,14,15);;3*1H3;(H2,1,2,3,4)/q;-1;;;;/p+1. The van der Waals surface area contributed by atoms with Crippen molar-refractivity contribution in [1.29, 1.82) is 0 Å². The minimum Gasteiger partial charge on any atom is -0.759 e. The lowest BCUT2D eigenvalue weighted by atomic mass is 10.2. The van der Waals surface area contributed by atoms with Crippen molar-refractivity contribution < 1.29 is 42.4 Å². The van der Waals surface area contributed by atoms with Crippen LogP contribution in [0.5, 0.6) is 0 Å². The van der Waals surface area contributed by atoms with E-state index in [0.717, 1.165) is 5.56 Å². The molecule has 0 aliphatic heterocycles. The molecule has 1 aromatic rings. The van der Waals surface area contributed by atoms with E-state index >= 15 is 0 Å². The normalized spacial score (nSPS) is 9.93. The van der Waals surface area contributed by atoms with Gasteiger partial charge in [0.2, 0.25) is 0 Å². The summed E-state index contributed by atoms with van der Waals surface area (Å²) in [5.74, 6) is -2.35. The lowest BCUT2D eigenvalue weighted by Gasteiger charge is -2.09. The van der Waals surface area contributed by atoms with Crippen LogP contribution in [0.2, 0.25) is 0 Å². The Morgan fingerprint density at radius 1 is 1.19 bits per heavy atom. The van der Waals surface area contributed by atoms with E-state index in [2.05, 4.69) is 5.10 Å². The fraction of sp³-hybridized carbons (Fsp3) is 0.444. The Morgan fingerprint density at radius 3 is 1.70 bits per heavy atom. The molecule has 0 fully saturated rings. The van der Waals surface area contributed by atoms with Gasteiger partial charge in [0, 0.05) is 16.6 Å². The second kappa shape index (κ2) is 15.4. The summed E-state index contributed by atoms with van der Waals surface area (Å²) < 4.78 is 35.3. The number of aryl methyl sites for hydroxylation is 2. The first-order chi connectivity index (χ1) is 10.6. The highest BCUT2D eigenvalue weighted by atomic mass is 32.3. The van der Waals surface area contributed by atoms with Crippen LogP contribution in [-0.2, 0) is 20.0 Å². The minimum absolute atomic E-state index is 0. The van der Waals surface area contributed by atoms with Gasteiger partial charge < -0.3 is 53.1 Å². The van der Waals surface area contributed by atoms with Gasteiger partial charge in [-0.3, -0.25) is 17.9 Å². The maximum absolute atomic E-state index is 10.8. The molecule has 0 aliphatic rings. The Hall–Kier alpha value is -2.90. The molecule has 18 heteroatoms. The van der Waals surface area contributed by atoms with Crippen molar-refractivity contribution in [2.75, 3.05) is 0 Å². The van der Waals surface area contributed by atoms with Crippen LogP contribution in [0.25, 0.3) is 0 Å². The first kappa shape index (κ1) is 35.3. The SMILES string of the molecule is Cc1cn(C(CC(=O)O)C(=O)O)nc1C.O=S(=O)([O-])[O-].O=[N+]([O-])[O-].[NH4+].[NH4+].[NH4+]. The second-order valence-corrected chi connectivity index (χ2v) is 4.78. The van der Waals surface area contributed by atoms with Crippen LogP contribution in [0.3, 0.4) is 0 Å². The highest BCUT2D eigenvalue weighted by Crippen LogP contribution is 2.14. The average molecular weight is 424 g/mol. The molecule has 0 bridgehead atoms. The van der Waals surface area contributed by atoms with E-state index < -0.39 is 39.9 Å². The number of rotatable bonds is 4. The van der Waals surface area contributed by atoms with E-state index in [1.807, 2.05) is 0 Å². The molecule has 1 unspecified atom stereocenters. The van der Waals surface area contributed by atoms with Gasteiger partial charge in [-0.2, -0.15) is 5.10 Å². The summed E-state index contributed by atoms with van der Waals surface area (Å²) in [6, 6.07) is -1.14. The molecule has 0 radical (unpaired) electrons. The number of hydrogen-bond acceptors (Lipinski definition) is 10. The third-order valence-corrected chi connectivity index (χ3v) is 2.13. The largest absolute Gasteiger partial charge is 0.759 e. The van der Waals surface area contributed by atoms with Crippen LogP contribution in [0, 0.1) is 29.2 Å². The van der Waals surface area contributed by atoms with Crippen molar-refractivity contribution in [2.24, 2.45) is 0 Å². The highest BCUT2D eigenvalue weighted by molar-refractivity contribution is 7.79. The van der Waals surface area contributed by atoms with Crippen molar-refractivity contribution in [3.8, 4) is 0 Å². The number of carboxylic acid groups (broad SMARTS) is 2. The fourth-order valence-electron chi connectivity index (χ4n) is 1.19. The van der Waals surface area contributed by atoms with Crippen LogP contribution in [0.1, 0.15) is 23.7 Å². The number of aliphatic carboxylic acids is 2. The number of carboxylic acids is 2. The number of hydrogen-bond donors (Lipinski definition) is 5. The van der Waals surface area contributed by atoms with Gasteiger partial charge in [0.25, 0.3) is 0 Å². The minimum atomic E-state index is -5.17. The van der Waals surface area contributed by atoms with Crippen molar-refractivity contribution in [1.82, 2.24) is 28.2 Å². The van der Waals surface area contributed by atoms with Gasteiger partial charge >= 0.3 is 11.9 Å². The van der Waals surface area contributed by atoms with Gasteiger partial charge in [0.15, 0.2) is 6.04 Å². The molecule has 162 valence electrons. The monoisotopic (exact) mass is 424 g/mol. The smallest absolute Gasteiger partial charge is 0.329 e. The molecule has 1 rings (SSSR count). The Labute approximate surface area is 153 Å². The molecule has 27 heavy (non-hydrogen) atoms. The first-order valence-electron chi connectivity index (χ1n) is 5.60. The van der Waals surface area contributed by atoms with Crippen molar-refractivity contribution >= 4 is 22.3 Å². The van der Waals surface area contributed by atoms with E-state index in [4.69, 9.17) is 43.1 Å². The Kier molecular flexibility index (Phi) is 20.1. The number of quaternary nitrogens is 3. The summed E-state index contributed by atoms with van der Waals surface area (Å²) in [6.07, 6.45) is 1.06. The summed E-state index contributed by atoms with van der Waals surface area (Å²) >= 11 is 0. The Morgan fingerprint density at radius 2 is 1.52 bits per heavy atom. The molecule has 0 aliphatic carbocycles. The fourth-order valence-corrected chi connectivity index (χ4v) is 1.19. The van der Waals surface area contributed by atoms with Crippen LogP contribution in [0.15, 0.2) is 6.20 Å². The molecule has 1 aromatic heterocycles. The van der Waals surface area contributed by atoms with E-state index in [9.17, 15) is 9.59 Å². The summed E-state index contributed by atoms with van der Waals surface area (Å²) in [5.41, 5.74) is 1.54. The quantitative estimate of drug-likeness (QED) is 0.186. The molecular formula is C9H24N6O11S. The van der Waals surface area contributed by atoms with Gasteiger partial charge in [0.1, 0.15) is 0 Å². The lowest BCUT2D eigenvalue weighted by molar-refractivity contribution is -0.402. The van der Waals surface area contributed by atoms with Crippen LogP contribution in [-0.4, -0.2) is 54.5 Å². The second-order valence-electron chi connectivity index (χ2n) is 3.96. The van der Waals surface area contributed by atoms with Crippen LogP contribution < -0.4 is 18.5 Å². The molecule has 0 aromatic carbocycles. The zero-order valence-corrected chi connectivity index (χ0v) is 16.0. The molecule has 0 saturated heterocycles. The molecule has 0 saturated carbocycles. The zero-order chi connectivity index (χ0) is 19.7. The number of carbonyl (C=O) groups is 2. The predicted molar refractivity (Wildman–Crippen MR) is 89.4 cm³/mol. The summed E-state index contributed by atoms with van der Waals surface area (Å²) in [4.78, 5) is 29.6. The predicted octanol–water partition coefficient (Wildman–Crippen LogP) is 0.152. The molecule has 0 amide bonds. The van der Waals surface area contributed by atoms with Crippen molar-refractivity contribution in [3.63, 3.8) is 0 Å². The summed E-state index contributed by atoms with van der Waals surface area (Å²) in [6.45, 7) is 3.53. The van der Waals surface area contributed by atoms with E-state index in [1.54, 1.807) is 13.8 Å². The maximum atomic E-state index is 10.8. The molecule has 0 spiro atoms. The van der Waals surface area contributed by atoms with Crippen molar-refractivity contribution in [2.45, 2.75) is 26.3 Å². The van der Waals surface area contributed by atoms with Crippen LogP contribution >= 0.6 is 0 Å². The van der Waals surface area contributed by atoms with Crippen molar-refractivity contribution in [3.05, 3.63) is 32.8 Å². The van der Waals surface area contributed by atoms with Crippen LogP contribution in [0.4, 0.5) is 0 Å². The molecule has 1 atom stereocenters. The molecule has 14 N–H and O–H groups in total. The summed E-state index contributed by atoms with van der Waals surface area (Å²) in [7, 11) is -5.17. The maximum Gasteiger partial charge on any atom is 0.329 e. The van der Waals surface area contributed by atoms with E-state index in [1.165, 1.54) is 10.9 Å².